The minimum absolute atomic E-state index is 0.0600. The second kappa shape index (κ2) is 7.87. The largest absolute Gasteiger partial charge is 0.414 e. The van der Waals surface area contributed by atoms with Gasteiger partial charge in [0.05, 0.1) is 12.7 Å². The maximum absolute atomic E-state index is 12.2. The Hall–Kier alpha value is -1.48. The summed E-state index contributed by atoms with van der Waals surface area (Å²) < 4.78 is 13.6. The van der Waals surface area contributed by atoms with E-state index in [-0.39, 0.29) is 17.1 Å². The lowest BCUT2D eigenvalue weighted by Gasteiger charge is -2.37. The summed E-state index contributed by atoms with van der Waals surface area (Å²) in [6.07, 6.45) is 1.57. The maximum Gasteiger partial charge on any atom is 0.330 e. The first kappa shape index (κ1) is 21.8. The molecule has 0 unspecified atom stereocenters. The Bertz CT molecular complexity index is 793. The quantitative estimate of drug-likeness (QED) is 0.568. The lowest BCUT2D eigenvalue weighted by molar-refractivity contribution is -0.0520. The molecular formula is C19H32N2O5Si. The lowest BCUT2D eigenvalue weighted by atomic mass is 9.94. The molecule has 2 heterocycles. The van der Waals surface area contributed by atoms with E-state index in [1.807, 2.05) is 0 Å². The van der Waals surface area contributed by atoms with Crippen LogP contribution in [0.1, 0.15) is 39.0 Å². The highest BCUT2D eigenvalue weighted by molar-refractivity contribution is 6.74. The number of nitrogens with one attached hydrogen (secondary N) is 1. The van der Waals surface area contributed by atoms with Crippen molar-refractivity contribution < 1.29 is 14.3 Å². The van der Waals surface area contributed by atoms with Gasteiger partial charge in [0.1, 0.15) is 6.10 Å². The summed E-state index contributed by atoms with van der Waals surface area (Å²) in [7, 11) is -1.98. The average Bonchev–Trinajstić information content (AvgIpc) is 2.85. The summed E-state index contributed by atoms with van der Waals surface area (Å²) >= 11 is 0. The molecular weight excluding hydrogens is 364 g/mol. The van der Waals surface area contributed by atoms with E-state index in [9.17, 15) is 14.7 Å². The van der Waals surface area contributed by atoms with Crippen LogP contribution in [0.3, 0.4) is 0 Å². The minimum Gasteiger partial charge on any atom is -0.414 e. The molecule has 1 aliphatic heterocycles. The summed E-state index contributed by atoms with van der Waals surface area (Å²) in [5.74, 6) is -0.239. The van der Waals surface area contributed by atoms with E-state index >= 15 is 0 Å². The van der Waals surface area contributed by atoms with Crippen molar-refractivity contribution in [1.29, 1.82) is 0 Å². The highest BCUT2D eigenvalue weighted by Crippen LogP contribution is 2.39. The van der Waals surface area contributed by atoms with Gasteiger partial charge in [0, 0.05) is 17.7 Å². The number of aromatic nitrogens is 2. The standard InChI is InChI=1S/C19H32N2O5Si/c1-8-9-13-14(11-25-27(6,7)19(3,4)5)26-17(15(13)22)21-10-12(2)16(23)20-18(21)24/h8,10,13-15,17,22H,1,9,11H2,2-7H3,(H,20,23,24)/t13-,14-,15-,17-/m1/s1. The van der Waals surface area contributed by atoms with Crippen LogP contribution in [0.15, 0.2) is 28.4 Å². The van der Waals surface area contributed by atoms with Gasteiger partial charge < -0.3 is 14.3 Å². The zero-order valence-electron chi connectivity index (χ0n) is 17.1. The number of ether oxygens (including phenoxy) is 1. The lowest BCUT2D eigenvalue weighted by Crippen LogP contribution is -2.43. The Morgan fingerprint density at radius 3 is 2.59 bits per heavy atom. The van der Waals surface area contributed by atoms with Crippen LogP contribution in [0.4, 0.5) is 0 Å². The number of aliphatic hydroxyl groups excluding tert-OH is 1. The van der Waals surface area contributed by atoms with Crippen LogP contribution >= 0.6 is 0 Å². The number of H-pyrrole nitrogens is 1. The van der Waals surface area contributed by atoms with E-state index in [1.165, 1.54) is 10.8 Å². The highest BCUT2D eigenvalue weighted by Gasteiger charge is 2.46. The fourth-order valence-corrected chi connectivity index (χ4v) is 3.96. The third-order valence-corrected chi connectivity index (χ3v) is 10.3. The van der Waals surface area contributed by atoms with Crippen molar-refractivity contribution in [3.05, 3.63) is 45.3 Å². The van der Waals surface area contributed by atoms with Crippen LogP contribution < -0.4 is 11.2 Å². The summed E-state index contributed by atoms with van der Waals surface area (Å²) in [6, 6.07) is 0. The second-order valence-corrected chi connectivity index (χ2v) is 13.6. The summed E-state index contributed by atoms with van der Waals surface area (Å²) in [5.41, 5.74) is -0.659. The summed E-state index contributed by atoms with van der Waals surface area (Å²) in [5, 5.41) is 10.9. The second-order valence-electron chi connectivity index (χ2n) is 8.79. The number of hydrogen-bond donors (Lipinski definition) is 2. The predicted octanol–water partition coefficient (Wildman–Crippen LogP) is 2.32. The fourth-order valence-electron chi connectivity index (χ4n) is 2.95. The van der Waals surface area contributed by atoms with E-state index in [2.05, 4.69) is 45.4 Å². The molecule has 8 heteroatoms. The Labute approximate surface area is 161 Å². The van der Waals surface area contributed by atoms with Crippen LogP contribution in [0.2, 0.25) is 18.1 Å². The topological polar surface area (TPSA) is 93.6 Å². The molecule has 1 aromatic rings. The number of aliphatic hydroxyl groups is 1. The smallest absolute Gasteiger partial charge is 0.330 e. The SMILES string of the molecule is C=CC[C@H]1[C@@H](O)[C@H](n2cc(C)c(=O)[nH]c2=O)O[C@@H]1CO[Si](C)(C)C(C)(C)C. The molecule has 1 aliphatic rings. The van der Waals surface area contributed by atoms with Gasteiger partial charge in [-0.1, -0.05) is 26.8 Å². The molecule has 2 N–H and O–H groups in total. The summed E-state index contributed by atoms with van der Waals surface area (Å²) in [6.45, 7) is 16.5. The van der Waals surface area contributed by atoms with Gasteiger partial charge in [-0.05, 0) is 31.5 Å². The van der Waals surface area contributed by atoms with Crippen LogP contribution in [0.25, 0.3) is 0 Å². The molecule has 152 valence electrons. The number of allylic oxidation sites excluding steroid dienone is 1. The van der Waals surface area contributed by atoms with E-state index in [1.54, 1.807) is 13.0 Å². The normalized spacial score (nSPS) is 26.3. The average molecular weight is 397 g/mol. The first-order valence-electron chi connectivity index (χ1n) is 9.29. The molecule has 0 amide bonds. The minimum atomic E-state index is -1.98. The van der Waals surface area contributed by atoms with Gasteiger partial charge in [0.25, 0.3) is 5.56 Å². The highest BCUT2D eigenvalue weighted by atomic mass is 28.4. The van der Waals surface area contributed by atoms with Crippen LogP contribution in [-0.2, 0) is 9.16 Å². The molecule has 0 bridgehead atoms. The molecule has 0 aliphatic carbocycles. The molecule has 1 fully saturated rings. The van der Waals surface area contributed by atoms with Crippen molar-refractivity contribution in [3.63, 3.8) is 0 Å². The molecule has 2 rings (SSSR count). The Balaban J connectivity index is 2.27. The predicted molar refractivity (Wildman–Crippen MR) is 107 cm³/mol. The fraction of sp³-hybridized carbons (Fsp3) is 0.684. The molecule has 0 saturated carbocycles. The number of nitrogens with zero attached hydrogens (tertiary/aromatic N) is 1. The van der Waals surface area contributed by atoms with Gasteiger partial charge >= 0.3 is 5.69 Å². The number of aryl methyl sites for hydroxylation is 1. The van der Waals surface area contributed by atoms with Gasteiger partial charge in [-0.25, -0.2) is 4.79 Å². The molecule has 0 radical (unpaired) electrons. The summed E-state index contributed by atoms with van der Waals surface area (Å²) in [4.78, 5) is 26.1. The van der Waals surface area contributed by atoms with E-state index in [4.69, 9.17) is 9.16 Å². The van der Waals surface area contributed by atoms with Crippen molar-refractivity contribution in [2.24, 2.45) is 5.92 Å². The van der Waals surface area contributed by atoms with Crippen molar-refractivity contribution in [2.45, 2.75) is 70.7 Å². The Morgan fingerprint density at radius 1 is 1.41 bits per heavy atom. The van der Waals surface area contributed by atoms with Crippen LogP contribution in [0.5, 0.6) is 0 Å². The monoisotopic (exact) mass is 396 g/mol. The van der Waals surface area contributed by atoms with Crippen LogP contribution in [-0.4, -0.2) is 41.8 Å². The molecule has 1 aromatic heterocycles. The van der Waals surface area contributed by atoms with Gasteiger partial charge in [-0.15, -0.1) is 6.58 Å². The third-order valence-electron chi connectivity index (χ3n) is 5.80. The first-order chi connectivity index (χ1) is 12.4. The molecule has 7 nitrogen and oxygen atoms in total. The van der Waals surface area contributed by atoms with Gasteiger partial charge in [-0.2, -0.15) is 0 Å². The van der Waals surface area contributed by atoms with Crippen molar-refractivity contribution in [3.8, 4) is 0 Å². The molecule has 27 heavy (non-hydrogen) atoms. The van der Waals surface area contributed by atoms with Crippen LogP contribution in [0, 0.1) is 12.8 Å². The van der Waals surface area contributed by atoms with Crippen molar-refractivity contribution in [1.82, 2.24) is 9.55 Å². The number of aromatic amines is 1. The van der Waals surface area contributed by atoms with Crippen molar-refractivity contribution >= 4 is 8.32 Å². The van der Waals surface area contributed by atoms with Gasteiger partial charge in [-0.3, -0.25) is 14.3 Å². The van der Waals surface area contributed by atoms with E-state index in [0.29, 0.717) is 18.6 Å². The maximum atomic E-state index is 12.2. The molecule has 4 atom stereocenters. The van der Waals surface area contributed by atoms with Crippen molar-refractivity contribution in [2.75, 3.05) is 6.61 Å². The molecule has 0 aromatic carbocycles. The number of hydrogen-bond acceptors (Lipinski definition) is 5. The number of rotatable bonds is 6. The third kappa shape index (κ3) is 4.51. The Morgan fingerprint density at radius 2 is 2.04 bits per heavy atom. The van der Waals surface area contributed by atoms with Gasteiger partial charge in [0.15, 0.2) is 14.5 Å². The van der Waals surface area contributed by atoms with E-state index < -0.39 is 31.9 Å². The first-order valence-corrected chi connectivity index (χ1v) is 12.2. The van der Waals surface area contributed by atoms with Gasteiger partial charge in [0.2, 0.25) is 0 Å². The Kier molecular flexibility index (Phi) is 6.36. The van der Waals surface area contributed by atoms with E-state index in [0.717, 1.165) is 0 Å². The zero-order valence-corrected chi connectivity index (χ0v) is 18.1. The molecule has 1 saturated heterocycles. The molecule has 0 spiro atoms. The zero-order chi connectivity index (χ0) is 20.6.